The van der Waals surface area contributed by atoms with E-state index in [4.69, 9.17) is 4.74 Å². The summed E-state index contributed by atoms with van der Waals surface area (Å²) >= 11 is 0. The van der Waals surface area contributed by atoms with E-state index in [9.17, 15) is 15.0 Å². The van der Waals surface area contributed by atoms with Crippen molar-refractivity contribution < 1.29 is 19.7 Å². The van der Waals surface area contributed by atoms with Crippen molar-refractivity contribution in [3.8, 4) is 0 Å². The summed E-state index contributed by atoms with van der Waals surface area (Å²) in [7, 11) is 0. The number of rotatable bonds is 7. The Balaban J connectivity index is 1.39. The molecule has 6 atom stereocenters. The number of fused-ring (bicyclic) bond motifs is 1. The number of Topliss-reactive ketones (excluding diaryl/α,β-unsaturated/α-hetero) is 1. The Labute approximate surface area is 204 Å². The molecular weight excluding hydrogens is 424 g/mol. The molecule has 3 aliphatic rings. The third kappa shape index (κ3) is 5.30. The highest BCUT2D eigenvalue weighted by molar-refractivity contribution is 5.96. The van der Waals surface area contributed by atoms with Gasteiger partial charge in [-0.15, -0.1) is 0 Å². The molecule has 0 aliphatic heterocycles. The van der Waals surface area contributed by atoms with Crippen LogP contribution in [0.5, 0.6) is 0 Å². The number of ether oxygens (including phenoxy) is 1. The van der Waals surface area contributed by atoms with Crippen LogP contribution in [0, 0.1) is 23.2 Å². The first-order chi connectivity index (χ1) is 16.3. The smallest absolute Gasteiger partial charge is 0.188 e. The van der Waals surface area contributed by atoms with Crippen LogP contribution in [0.25, 0.3) is 0 Å². The van der Waals surface area contributed by atoms with Crippen molar-refractivity contribution in [3.63, 3.8) is 0 Å². The van der Waals surface area contributed by atoms with Crippen LogP contribution < -0.4 is 0 Å². The van der Waals surface area contributed by atoms with E-state index in [0.29, 0.717) is 42.8 Å². The Hall–Kier alpha value is -2.01. The van der Waals surface area contributed by atoms with E-state index in [1.165, 1.54) is 31.3 Å². The van der Waals surface area contributed by atoms with Crippen LogP contribution in [0.15, 0.2) is 65.8 Å². The van der Waals surface area contributed by atoms with Gasteiger partial charge in [0.1, 0.15) is 6.61 Å². The van der Waals surface area contributed by atoms with Gasteiger partial charge < -0.3 is 14.9 Å². The molecule has 0 saturated heterocycles. The van der Waals surface area contributed by atoms with Crippen molar-refractivity contribution in [2.45, 2.75) is 71.0 Å². The molecule has 3 aliphatic carbocycles. The topological polar surface area (TPSA) is 66.8 Å². The maximum Gasteiger partial charge on any atom is 0.188 e. The van der Waals surface area contributed by atoms with Gasteiger partial charge in [-0.1, -0.05) is 68.5 Å². The molecule has 184 valence electrons. The summed E-state index contributed by atoms with van der Waals surface area (Å²) in [5.74, 6) is 1.58. The number of allylic oxidation sites excluding steroid dienone is 3. The van der Waals surface area contributed by atoms with Gasteiger partial charge >= 0.3 is 0 Å². The van der Waals surface area contributed by atoms with Gasteiger partial charge in [0.15, 0.2) is 5.78 Å². The molecule has 1 aromatic rings. The third-order valence-corrected chi connectivity index (χ3v) is 8.70. The molecule has 3 saturated carbocycles. The number of aliphatic hydroxyl groups excluding tert-OH is 2. The van der Waals surface area contributed by atoms with Gasteiger partial charge in [-0.25, -0.2) is 0 Å². The van der Waals surface area contributed by atoms with E-state index < -0.39 is 12.2 Å². The fraction of sp³-hybridized carbons (Fsp3) is 0.567. The molecule has 0 bridgehead atoms. The molecule has 2 N–H and O–H groups in total. The van der Waals surface area contributed by atoms with Crippen molar-refractivity contribution in [2.24, 2.45) is 23.2 Å². The molecule has 4 rings (SSSR count). The minimum Gasteiger partial charge on any atom is -0.393 e. The molecule has 34 heavy (non-hydrogen) atoms. The lowest BCUT2D eigenvalue weighted by atomic mass is 9.61. The van der Waals surface area contributed by atoms with Crippen LogP contribution in [-0.2, 0) is 4.74 Å². The number of ketones is 1. The van der Waals surface area contributed by atoms with E-state index >= 15 is 0 Å². The van der Waals surface area contributed by atoms with Crippen molar-refractivity contribution in [1.82, 2.24) is 0 Å². The summed E-state index contributed by atoms with van der Waals surface area (Å²) < 4.78 is 5.90. The van der Waals surface area contributed by atoms with E-state index in [0.717, 1.165) is 17.6 Å². The Kier molecular flexibility index (Phi) is 7.91. The first kappa shape index (κ1) is 25.1. The van der Waals surface area contributed by atoms with Crippen LogP contribution in [0.3, 0.4) is 0 Å². The van der Waals surface area contributed by atoms with E-state index in [2.05, 4.69) is 32.6 Å². The molecule has 3 fully saturated rings. The summed E-state index contributed by atoms with van der Waals surface area (Å²) in [5, 5.41) is 20.2. The molecule has 0 aromatic heterocycles. The minimum atomic E-state index is -0.643. The molecule has 0 heterocycles. The number of carbonyl (C=O) groups excluding carboxylic acids is 1. The number of hydrogen-bond donors (Lipinski definition) is 2. The van der Waals surface area contributed by atoms with Gasteiger partial charge in [0, 0.05) is 12.0 Å². The van der Waals surface area contributed by atoms with Gasteiger partial charge in [-0.2, -0.15) is 0 Å². The summed E-state index contributed by atoms with van der Waals surface area (Å²) in [6.45, 7) is 9.54. The standard InChI is InChI=1S/C30H40O4/c1-20(18-34-19-29(33)23-8-5-4-6-9-23)26-13-14-27-22(10-7-15-30(26,27)3)11-12-24-16-25(31)17-28(32)21(24)2/h4-6,8-9,11-12,20,25-28,31-32H,2,7,10,13-19H2,1,3H3/b22-11+,24-12-/t20-,25-,26-,27+,28+,30-/m1/s1. The highest BCUT2D eigenvalue weighted by Crippen LogP contribution is 2.59. The van der Waals surface area contributed by atoms with Crippen molar-refractivity contribution in [1.29, 1.82) is 0 Å². The van der Waals surface area contributed by atoms with Gasteiger partial charge in [0.05, 0.1) is 18.8 Å². The molecular formula is C30H40O4. The van der Waals surface area contributed by atoms with Crippen LogP contribution in [0.2, 0.25) is 0 Å². The lowest BCUT2D eigenvalue weighted by Crippen LogP contribution is -2.37. The zero-order valence-electron chi connectivity index (χ0n) is 20.7. The van der Waals surface area contributed by atoms with Gasteiger partial charge in [-0.3, -0.25) is 4.79 Å². The molecule has 0 radical (unpaired) electrons. The van der Waals surface area contributed by atoms with Crippen LogP contribution in [0.4, 0.5) is 0 Å². The summed E-state index contributed by atoms with van der Waals surface area (Å²) in [6, 6.07) is 9.36. The predicted octanol–water partition coefficient (Wildman–Crippen LogP) is 5.66. The number of hydrogen-bond acceptors (Lipinski definition) is 4. The van der Waals surface area contributed by atoms with E-state index in [1.807, 2.05) is 30.3 Å². The number of aliphatic hydroxyl groups is 2. The normalized spacial score (nSPS) is 34.9. The molecule has 0 unspecified atom stereocenters. The van der Waals surface area contributed by atoms with Crippen molar-refractivity contribution in [2.75, 3.05) is 13.2 Å². The minimum absolute atomic E-state index is 0.0405. The lowest BCUT2D eigenvalue weighted by molar-refractivity contribution is 0.0333. The fourth-order valence-electron chi connectivity index (χ4n) is 6.84. The van der Waals surface area contributed by atoms with Gasteiger partial charge in [-0.05, 0) is 72.8 Å². The predicted molar refractivity (Wildman–Crippen MR) is 135 cm³/mol. The second kappa shape index (κ2) is 10.7. The molecule has 0 amide bonds. The third-order valence-electron chi connectivity index (χ3n) is 8.70. The van der Waals surface area contributed by atoms with Gasteiger partial charge in [0.2, 0.25) is 0 Å². The fourth-order valence-corrected chi connectivity index (χ4v) is 6.84. The van der Waals surface area contributed by atoms with E-state index in [1.54, 1.807) is 0 Å². The zero-order chi connectivity index (χ0) is 24.3. The highest BCUT2D eigenvalue weighted by Gasteiger charge is 2.50. The van der Waals surface area contributed by atoms with Gasteiger partial charge in [0.25, 0.3) is 0 Å². The SMILES string of the molecule is C=C1/C(=C\C=C2/CCC[C@]3(C)[C@@H]([C@H](C)COCC(=O)c4ccccc4)CC[C@@H]23)C[C@@H](O)C[C@@H]1O. The molecule has 4 nitrogen and oxygen atoms in total. The van der Waals surface area contributed by atoms with Crippen molar-refractivity contribution >= 4 is 5.78 Å². The largest absolute Gasteiger partial charge is 0.393 e. The van der Waals surface area contributed by atoms with Crippen molar-refractivity contribution in [3.05, 3.63) is 71.3 Å². The molecule has 0 spiro atoms. The quantitative estimate of drug-likeness (QED) is 0.511. The summed E-state index contributed by atoms with van der Waals surface area (Å²) in [4.78, 5) is 12.4. The maximum atomic E-state index is 12.4. The number of benzene rings is 1. The second-order valence-electron chi connectivity index (χ2n) is 10.9. The highest BCUT2D eigenvalue weighted by atomic mass is 16.5. The first-order valence-electron chi connectivity index (χ1n) is 12.9. The van der Waals surface area contributed by atoms with Crippen LogP contribution >= 0.6 is 0 Å². The maximum absolute atomic E-state index is 12.4. The average molecular weight is 465 g/mol. The number of carbonyl (C=O) groups is 1. The summed E-state index contributed by atoms with van der Waals surface area (Å²) in [5.41, 5.74) is 4.18. The first-order valence-corrected chi connectivity index (χ1v) is 12.9. The second-order valence-corrected chi connectivity index (χ2v) is 10.9. The summed E-state index contributed by atoms with van der Waals surface area (Å²) in [6.07, 6.45) is 10.1. The Morgan fingerprint density at radius 3 is 2.76 bits per heavy atom. The van der Waals surface area contributed by atoms with Crippen LogP contribution in [-0.4, -0.2) is 41.4 Å². The molecule has 4 heteroatoms. The lowest BCUT2D eigenvalue weighted by Gasteiger charge is -2.44. The van der Waals surface area contributed by atoms with Crippen LogP contribution in [0.1, 0.15) is 69.2 Å². The Bertz CT molecular complexity index is 946. The Morgan fingerprint density at radius 2 is 2.00 bits per heavy atom. The van der Waals surface area contributed by atoms with E-state index in [-0.39, 0.29) is 17.8 Å². The molecule has 1 aromatic carbocycles. The Morgan fingerprint density at radius 1 is 1.24 bits per heavy atom. The monoisotopic (exact) mass is 464 g/mol. The average Bonchev–Trinajstić information content (AvgIpc) is 3.18. The zero-order valence-corrected chi connectivity index (χ0v) is 20.7.